The van der Waals surface area contributed by atoms with Crippen LogP contribution < -0.4 is 5.73 Å². The molecule has 4 heteroatoms. The highest BCUT2D eigenvalue weighted by Gasteiger charge is 2.35. The van der Waals surface area contributed by atoms with Crippen molar-refractivity contribution in [2.24, 2.45) is 5.92 Å². The maximum atomic E-state index is 5.67. The normalized spacial score (nSPS) is 30.5. The van der Waals surface area contributed by atoms with Crippen LogP contribution in [-0.2, 0) is 6.54 Å². The largest absolute Gasteiger partial charge is 0.375 e. The summed E-state index contributed by atoms with van der Waals surface area (Å²) in [5, 5.41) is 2.81. The molecule has 2 atom stereocenters. The SMILES string of the molecule is Nc1nc(CN2CCC3CCCCC32)cs1. The van der Waals surface area contributed by atoms with Gasteiger partial charge in [0.2, 0.25) is 0 Å². The van der Waals surface area contributed by atoms with E-state index in [9.17, 15) is 0 Å². The molecule has 0 radical (unpaired) electrons. The van der Waals surface area contributed by atoms with Crippen LogP contribution in [0, 0.1) is 5.92 Å². The number of rotatable bonds is 2. The number of anilines is 1. The van der Waals surface area contributed by atoms with Crippen LogP contribution in [0.4, 0.5) is 5.13 Å². The van der Waals surface area contributed by atoms with Gasteiger partial charge in [-0.15, -0.1) is 11.3 Å². The van der Waals surface area contributed by atoms with Gasteiger partial charge >= 0.3 is 0 Å². The molecule has 3 rings (SSSR count). The van der Waals surface area contributed by atoms with E-state index in [1.54, 1.807) is 11.3 Å². The molecule has 88 valence electrons. The lowest BCUT2D eigenvalue weighted by atomic mass is 9.85. The molecule has 0 aromatic carbocycles. The predicted octanol–water partition coefficient (Wildman–Crippen LogP) is 2.49. The second-order valence-corrected chi connectivity index (χ2v) is 5.94. The van der Waals surface area contributed by atoms with Gasteiger partial charge in [0.15, 0.2) is 5.13 Å². The van der Waals surface area contributed by atoms with Crippen molar-refractivity contribution in [2.75, 3.05) is 12.3 Å². The third kappa shape index (κ3) is 1.96. The topological polar surface area (TPSA) is 42.1 Å². The first-order chi connectivity index (χ1) is 7.83. The Kier molecular flexibility index (Phi) is 2.86. The van der Waals surface area contributed by atoms with Crippen molar-refractivity contribution in [1.29, 1.82) is 0 Å². The van der Waals surface area contributed by atoms with Crippen LogP contribution in [0.3, 0.4) is 0 Å². The van der Waals surface area contributed by atoms with Gasteiger partial charge in [-0.3, -0.25) is 4.90 Å². The highest BCUT2D eigenvalue weighted by molar-refractivity contribution is 7.13. The first kappa shape index (κ1) is 10.5. The fourth-order valence-corrected chi connectivity index (χ4v) is 3.86. The summed E-state index contributed by atoms with van der Waals surface area (Å²) in [6.07, 6.45) is 7.09. The summed E-state index contributed by atoms with van der Waals surface area (Å²) in [5.74, 6) is 0.963. The second-order valence-electron chi connectivity index (χ2n) is 5.05. The van der Waals surface area contributed by atoms with E-state index in [-0.39, 0.29) is 0 Å². The Bertz CT molecular complexity index is 363. The number of thiazole rings is 1. The molecule has 2 heterocycles. The summed E-state index contributed by atoms with van der Waals surface area (Å²) in [7, 11) is 0. The molecule has 2 unspecified atom stereocenters. The van der Waals surface area contributed by atoms with Gasteiger partial charge in [-0.25, -0.2) is 4.98 Å². The highest BCUT2D eigenvalue weighted by atomic mass is 32.1. The molecule has 3 nitrogen and oxygen atoms in total. The summed E-state index contributed by atoms with van der Waals surface area (Å²) < 4.78 is 0. The number of hydrogen-bond acceptors (Lipinski definition) is 4. The van der Waals surface area contributed by atoms with Gasteiger partial charge in [0.05, 0.1) is 5.69 Å². The molecule has 1 aromatic heterocycles. The molecule has 2 fully saturated rings. The molecule has 2 aliphatic rings. The zero-order valence-corrected chi connectivity index (χ0v) is 10.4. The Hall–Kier alpha value is -0.610. The molecule has 1 aliphatic carbocycles. The van der Waals surface area contributed by atoms with Crippen LogP contribution in [-0.4, -0.2) is 22.5 Å². The first-order valence-corrected chi connectivity index (χ1v) is 7.15. The molecule has 2 N–H and O–H groups in total. The van der Waals surface area contributed by atoms with E-state index in [2.05, 4.69) is 15.3 Å². The lowest BCUT2D eigenvalue weighted by molar-refractivity contribution is 0.174. The van der Waals surface area contributed by atoms with Crippen LogP contribution >= 0.6 is 11.3 Å². The van der Waals surface area contributed by atoms with Gasteiger partial charge in [-0.05, 0) is 31.7 Å². The fraction of sp³-hybridized carbons (Fsp3) is 0.750. The average Bonchev–Trinajstić information content (AvgIpc) is 2.87. The van der Waals surface area contributed by atoms with Crippen molar-refractivity contribution in [3.05, 3.63) is 11.1 Å². The van der Waals surface area contributed by atoms with Crippen LogP contribution in [0.2, 0.25) is 0 Å². The maximum absolute atomic E-state index is 5.67. The minimum atomic E-state index is 0.703. The third-order valence-corrected chi connectivity index (χ3v) is 4.78. The van der Waals surface area contributed by atoms with Gasteiger partial charge < -0.3 is 5.73 Å². The van der Waals surface area contributed by atoms with Crippen LogP contribution in [0.1, 0.15) is 37.8 Å². The molecule has 16 heavy (non-hydrogen) atoms. The van der Waals surface area contributed by atoms with E-state index in [4.69, 9.17) is 5.73 Å². The van der Waals surface area contributed by atoms with Gasteiger partial charge in [0, 0.05) is 18.0 Å². The summed E-state index contributed by atoms with van der Waals surface area (Å²) in [6, 6.07) is 0.830. The van der Waals surface area contributed by atoms with Gasteiger partial charge in [-0.1, -0.05) is 12.8 Å². The smallest absolute Gasteiger partial charge is 0.180 e. The highest BCUT2D eigenvalue weighted by Crippen LogP contribution is 2.36. The lowest BCUT2D eigenvalue weighted by Gasteiger charge is -2.31. The van der Waals surface area contributed by atoms with Crippen molar-refractivity contribution < 1.29 is 0 Å². The van der Waals surface area contributed by atoms with E-state index in [1.165, 1.54) is 38.6 Å². The molecule has 1 aromatic rings. The first-order valence-electron chi connectivity index (χ1n) is 6.27. The van der Waals surface area contributed by atoms with Crippen molar-refractivity contribution >= 4 is 16.5 Å². The van der Waals surface area contributed by atoms with Crippen molar-refractivity contribution in [3.8, 4) is 0 Å². The monoisotopic (exact) mass is 237 g/mol. The molecular formula is C12H19N3S. The summed E-state index contributed by atoms with van der Waals surface area (Å²) >= 11 is 1.56. The van der Waals surface area contributed by atoms with Crippen LogP contribution in [0.25, 0.3) is 0 Å². The number of nitrogen functional groups attached to an aromatic ring is 1. The lowest BCUT2D eigenvalue weighted by Crippen LogP contribution is -2.34. The van der Waals surface area contributed by atoms with E-state index in [0.717, 1.165) is 24.2 Å². The summed E-state index contributed by atoms with van der Waals surface area (Å²) in [4.78, 5) is 6.99. The number of likely N-dealkylation sites (tertiary alicyclic amines) is 1. The van der Waals surface area contributed by atoms with Crippen molar-refractivity contribution in [1.82, 2.24) is 9.88 Å². The van der Waals surface area contributed by atoms with E-state index >= 15 is 0 Å². The van der Waals surface area contributed by atoms with E-state index in [1.807, 2.05) is 0 Å². The molecule has 1 aliphatic heterocycles. The number of hydrogen-bond donors (Lipinski definition) is 1. The number of aromatic nitrogens is 1. The Morgan fingerprint density at radius 3 is 3.06 bits per heavy atom. The summed E-state index contributed by atoms with van der Waals surface area (Å²) in [5.41, 5.74) is 6.83. The van der Waals surface area contributed by atoms with Crippen LogP contribution in [0.15, 0.2) is 5.38 Å². The minimum Gasteiger partial charge on any atom is -0.375 e. The van der Waals surface area contributed by atoms with E-state index in [0.29, 0.717) is 5.13 Å². The summed E-state index contributed by atoms with van der Waals surface area (Å²) in [6.45, 7) is 2.27. The predicted molar refractivity (Wildman–Crippen MR) is 67.3 cm³/mol. The second kappa shape index (κ2) is 4.34. The van der Waals surface area contributed by atoms with Gasteiger partial charge in [-0.2, -0.15) is 0 Å². The maximum Gasteiger partial charge on any atom is 0.180 e. The van der Waals surface area contributed by atoms with Crippen molar-refractivity contribution in [3.63, 3.8) is 0 Å². The Balaban J connectivity index is 1.67. The standard InChI is InChI=1S/C12H19N3S/c13-12-14-10(8-16-12)7-15-6-5-9-3-1-2-4-11(9)15/h8-9,11H,1-7H2,(H2,13,14). The molecule has 1 saturated carbocycles. The Morgan fingerprint density at radius 2 is 2.25 bits per heavy atom. The quantitative estimate of drug-likeness (QED) is 0.859. The van der Waals surface area contributed by atoms with Crippen LogP contribution in [0.5, 0.6) is 0 Å². The number of nitrogens with zero attached hydrogens (tertiary/aromatic N) is 2. The molecular weight excluding hydrogens is 218 g/mol. The molecule has 1 saturated heterocycles. The fourth-order valence-electron chi connectivity index (χ4n) is 3.30. The molecule has 0 spiro atoms. The third-order valence-electron chi connectivity index (χ3n) is 4.06. The van der Waals surface area contributed by atoms with Gasteiger partial charge in [0.1, 0.15) is 0 Å². The molecule has 0 bridgehead atoms. The minimum absolute atomic E-state index is 0.703. The van der Waals surface area contributed by atoms with Crippen molar-refractivity contribution in [2.45, 2.75) is 44.7 Å². The molecule has 0 amide bonds. The number of fused-ring (bicyclic) bond motifs is 1. The Morgan fingerprint density at radius 1 is 1.38 bits per heavy atom. The zero-order valence-electron chi connectivity index (χ0n) is 9.56. The van der Waals surface area contributed by atoms with Gasteiger partial charge in [0.25, 0.3) is 0 Å². The Labute approximate surface area is 101 Å². The van der Waals surface area contributed by atoms with E-state index < -0.39 is 0 Å². The number of nitrogens with two attached hydrogens (primary N) is 1. The zero-order chi connectivity index (χ0) is 11.0. The average molecular weight is 237 g/mol.